The minimum Gasteiger partial charge on any atom is -0.480 e. The second-order valence-electron chi connectivity index (χ2n) is 4.69. The highest BCUT2D eigenvalue weighted by molar-refractivity contribution is 6.31. The van der Waals surface area contributed by atoms with E-state index in [2.05, 4.69) is 10.6 Å². The van der Waals surface area contributed by atoms with E-state index < -0.39 is 18.1 Å². The van der Waals surface area contributed by atoms with Crippen LogP contribution in [0.5, 0.6) is 0 Å². The van der Waals surface area contributed by atoms with Crippen LogP contribution in [0.2, 0.25) is 5.02 Å². The van der Waals surface area contributed by atoms with Crippen molar-refractivity contribution in [3.05, 3.63) is 34.9 Å². The van der Waals surface area contributed by atoms with Crippen molar-refractivity contribution in [2.75, 3.05) is 6.54 Å². The van der Waals surface area contributed by atoms with Gasteiger partial charge in [-0.25, -0.2) is 9.59 Å². The molecular formula is C14H19ClN4O4. The molecule has 6 N–H and O–H groups in total. The number of rotatable bonds is 8. The Kier molecular flexibility index (Phi) is 7.69. The van der Waals surface area contributed by atoms with E-state index in [9.17, 15) is 9.59 Å². The van der Waals surface area contributed by atoms with Crippen molar-refractivity contribution in [2.24, 2.45) is 5.73 Å². The molecule has 0 spiro atoms. The summed E-state index contributed by atoms with van der Waals surface area (Å²) < 4.78 is 4.97. The molecule has 0 radical (unpaired) electrons. The van der Waals surface area contributed by atoms with Crippen LogP contribution in [0.15, 0.2) is 24.3 Å². The number of carbonyl (C=O) groups excluding carboxylic acids is 1. The lowest BCUT2D eigenvalue weighted by atomic mass is 10.1. The number of halogens is 1. The highest BCUT2D eigenvalue weighted by Crippen LogP contribution is 2.15. The average Bonchev–Trinajstić information content (AvgIpc) is 2.49. The molecule has 0 aliphatic heterocycles. The summed E-state index contributed by atoms with van der Waals surface area (Å²) in [5, 5.41) is 21.4. The predicted molar refractivity (Wildman–Crippen MR) is 85.3 cm³/mol. The van der Waals surface area contributed by atoms with Gasteiger partial charge in [-0.3, -0.25) is 5.41 Å². The van der Waals surface area contributed by atoms with Gasteiger partial charge in [-0.05, 0) is 18.9 Å². The molecule has 23 heavy (non-hydrogen) atoms. The number of guanidine groups is 1. The van der Waals surface area contributed by atoms with Crippen molar-refractivity contribution in [1.82, 2.24) is 10.6 Å². The summed E-state index contributed by atoms with van der Waals surface area (Å²) in [6.07, 6.45) is -0.241. The topological polar surface area (TPSA) is 138 Å². The maximum Gasteiger partial charge on any atom is 0.408 e. The van der Waals surface area contributed by atoms with Crippen LogP contribution < -0.4 is 16.4 Å². The third kappa shape index (κ3) is 7.37. The van der Waals surface area contributed by atoms with Crippen LogP contribution in [0.1, 0.15) is 18.4 Å². The highest BCUT2D eigenvalue weighted by atomic mass is 35.5. The first-order chi connectivity index (χ1) is 10.9. The number of nitrogens with two attached hydrogens (primary N) is 1. The van der Waals surface area contributed by atoms with Crippen molar-refractivity contribution >= 4 is 29.6 Å². The molecule has 0 saturated heterocycles. The van der Waals surface area contributed by atoms with Gasteiger partial charge in [0, 0.05) is 17.1 Å². The van der Waals surface area contributed by atoms with E-state index >= 15 is 0 Å². The van der Waals surface area contributed by atoms with Gasteiger partial charge < -0.3 is 26.2 Å². The van der Waals surface area contributed by atoms with E-state index in [1.807, 2.05) is 0 Å². The number of aliphatic carboxylic acids is 1. The van der Waals surface area contributed by atoms with Crippen LogP contribution in [-0.2, 0) is 16.1 Å². The summed E-state index contributed by atoms with van der Waals surface area (Å²) in [5.74, 6) is -1.36. The van der Waals surface area contributed by atoms with Crippen LogP contribution >= 0.6 is 11.6 Å². The fourth-order valence-electron chi connectivity index (χ4n) is 1.73. The number of hydrogen-bond acceptors (Lipinski definition) is 4. The molecule has 0 fully saturated rings. The average molecular weight is 343 g/mol. The molecule has 1 aromatic carbocycles. The fraction of sp³-hybridized carbons (Fsp3) is 0.357. The molecule has 0 aliphatic carbocycles. The van der Waals surface area contributed by atoms with Crippen LogP contribution in [0, 0.1) is 5.41 Å². The Bertz CT molecular complexity index is 567. The molecule has 8 nitrogen and oxygen atoms in total. The van der Waals surface area contributed by atoms with Gasteiger partial charge in [0.1, 0.15) is 12.6 Å². The molecule has 1 atom stereocenters. The molecule has 0 heterocycles. The molecule has 0 aromatic heterocycles. The van der Waals surface area contributed by atoms with E-state index in [-0.39, 0.29) is 19.0 Å². The predicted octanol–water partition coefficient (Wildman–Crippen LogP) is 1.28. The van der Waals surface area contributed by atoms with Gasteiger partial charge in [0.2, 0.25) is 0 Å². The molecule has 0 bridgehead atoms. The zero-order valence-corrected chi connectivity index (χ0v) is 13.1. The van der Waals surface area contributed by atoms with Crippen molar-refractivity contribution in [1.29, 1.82) is 5.41 Å². The number of carboxylic acids is 1. The van der Waals surface area contributed by atoms with Crippen LogP contribution in [0.25, 0.3) is 0 Å². The summed E-state index contributed by atoms with van der Waals surface area (Å²) in [5.41, 5.74) is 5.74. The Morgan fingerprint density at radius 1 is 1.39 bits per heavy atom. The first kappa shape index (κ1) is 18.6. The normalized spacial score (nSPS) is 11.3. The Morgan fingerprint density at radius 3 is 2.70 bits per heavy atom. The molecular weight excluding hydrogens is 324 g/mol. The quantitative estimate of drug-likeness (QED) is 0.274. The second kappa shape index (κ2) is 9.52. The van der Waals surface area contributed by atoms with E-state index in [4.69, 9.17) is 32.6 Å². The van der Waals surface area contributed by atoms with Gasteiger partial charge in [0.15, 0.2) is 5.96 Å². The van der Waals surface area contributed by atoms with Gasteiger partial charge in [-0.15, -0.1) is 0 Å². The van der Waals surface area contributed by atoms with E-state index in [1.165, 1.54) is 0 Å². The summed E-state index contributed by atoms with van der Waals surface area (Å²) in [7, 11) is 0. The van der Waals surface area contributed by atoms with Crippen LogP contribution in [0.3, 0.4) is 0 Å². The SMILES string of the molecule is N=C(N)NCCC[C@H](NC(=O)OCc1ccccc1Cl)C(=O)O. The van der Waals surface area contributed by atoms with Gasteiger partial charge in [0.25, 0.3) is 0 Å². The number of benzene rings is 1. The molecule has 0 saturated carbocycles. The van der Waals surface area contributed by atoms with Crippen molar-refractivity contribution in [3.8, 4) is 0 Å². The molecule has 1 rings (SSSR count). The number of hydrogen-bond donors (Lipinski definition) is 5. The number of ether oxygens (including phenoxy) is 1. The fourth-order valence-corrected chi connectivity index (χ4v) is 1.92. The van der Waals surface area contributed by atoms with Crippen LogP contribution in [-0.4, -0.2) is 35.7 Å². The van der Waals surface area contributed by atoms with Gasteiger partial charge in [0.05, 0.1) is 0 Å². The third-order valence-electron chi connectivity index (χ3n) is 2.89. The van der Waals surface area contributed by atoms with Gasteiger partial charge >= 0.3 is 12.1 Å². The van der Waals surface area contributed by atoms with E-state index in [0.29, 0.717) is 23.6 Å². The third-order valence-corrected chi connectivity index (χ3v) is 3.26. The van der Waals surface area contributed by atoms with Crippen molar-refractivity contribution in [2.45, 2.75) is 25.5 Å². The minimum absolute atomic E-state index is 0.0518. The van der Waals surface area contributed by atoms with E-state index in [0.717, 1.165) is 0 Å². The molecule has 1 aromatic rings. The first-order valence-electron chi connectivity index (χ1n) is 6.87. The summed E-state index contributed by atoms with van der Waals surface area (Å²) in [4.78, 5) is 22.8. The Labute approximate surface area is 138 Å². The molecule has 0 unspecified atom stereocenters. The highest BCUT2D eigenvalue weighted by Gasteiger charge is 2.20. The van der Waals surface area contributed by atoms with Gasteiger partial charge in [-0.2, -0.15) is 0 Å². The Morgan fingerprint density at radius 2 is 2.09 bits per heavy atom. The van der Waals surface area contributed by atoms with Crippen molar-refractivity contribution < 1.29 is 19.4 Å². The van der Waals surface area contributed by atoms with Crippen LogP contribution in [0.4, 0.5) is 4.79 Å². The lowest BCUT2D eigenvalue weighted by Gasteiger charge is -2.15. The van der Waals surface area contributed by atoms with Gasteiger partial charge in [-0.1, -0.05) is 29.8 Å². The number of amides is 1. The Balaban J connectivity index is 2.40. The maximum atomic E-state index is 11.7. The smallest absolute Gasteiger partial charge is 0.408 e. The number of nitrogens with one attached hydrogen (secondary N) is 3. The molecule has 126 valence electrons. The maximum absolute atomic E-state index is 11.7. The van der Waals surface area contributed by atoms with Crippen molar-refractivity contribution in [3.63, 3.8) is 0 Å². The molecule has 0 aliphatic rings. The first-order valence-corrected chi connectivity index (χ1v) is 7.25. The lowest BCUT2D eigenvalue weighted by Crippen LogP contribution is -2.41. The summed E-state index contributed by atoms with van der Waals surface area (Å²) in [6.45, 7) is 0.291. The minimum atomic E-state index is -1.16. The lowest BCUT2D eigenvalue weighted by molar-refractivity contribution is -0.139. The molecule has 9 heteroatoms. The zero-order chi connectivity index (χ0) is 17.2. The monoisotopic (exact) mass is 342 g/mol. The number of carbonyl (C=O) groups is 2. The number of alkyl carbamates (subject to hydrolysis) is 1. The largest absolute Gasteiger partial charge is 0.480 e. The number of carboxylic acid groups (broad SMARTS) is 1. The zero-order valence-electron chi connectivity index (χ0n) is 12.3. The standard InChI is InChI=1S/C14H19ClN4O4/c15-10-5-2-1-4-9(10)8-23-14(22)19-11(12(20)21)6-3-7-18-13(16)17/h1-2,4-5,11H,3,6-8H2,(H,19,22)(H,20,21)(H4,16,17,18)/t11-/m0/s1. The van der Waals surface area contributed by atoms with E-state index in [1.54, 1.807) is 24.3 Å². The Hall–Kier alpha value is -2.48. The second-order valence-corrected chi connectivity index (χ2v) is 5.09. The summed E-state index contributed by atoms with van der Waals surface area (Å²) in [6, 6.07) is 5.80. The summed E-state index contributed by atoms with van der Waals surface area (Å²) >= 11 is 5.93. The molecule has 1 amide bonds.